The second kappa shape index (κ2) is 6.47. The lowest BCUT2D eigenvalue weighted by Gasteiger charge is -2.16. The fourth-order valence-corrected chi connectivity index (χ4v) is 3.06. The monoisotopic (exact) mass is 337 g/mol. The van der Waals surface area contributed by atoms with Gasteiger partial charge in [0.2, 0.25) is 0 Å². The summed E-state index contributed by atoms with van der Waals surface area (Å²) < 4.78 is 19.2. The van der Waals surface area contributed by atoms with Crippen LogP contribution in [0.4, 0.5) is 4.39 Å². The molecule has 3 aromatic rings. The minimum atomic E-state index is -0.498. The second-order valence-corrected chi connectivity index (χ2v) is 6.04. The summed E-state index contributed by atoms with van der Waals surface area (Å²) in [6.07, 6.45) is 0.730. The first-order valence-electron chi connectivity index (χ1n) is 8.15. The Morgan fingerprint density at radius 2 is 1.88 bits per heavy atom. The molecule has 6 heteroatoms. The molecule has 5 nitrogen and oxygen atoms in total. The van der Waals surface area contributed by atoms with E-state index in [-0.39, 0.29) is 17.4 Å². The lowest BCUT2D eigenvalue weighted by molar-refractivity contribution is 0.0785. The summed E-state index contributed by atoms with van der Waals surface area (Å²) in [7, 11) is 0. The molecule has 0 N–H and O–H groups in total. The summed E-state index contributed by atoms with van der Waals surface area (Å²) in [4.78, 5) is 18.6. The van der Waals surface area contributed by atoms with Crippen molar-refractivity contribution in [2.75, 3.05) is 13.1 Å². The molecule has 0 aliphatic carbocycles. The number of nitrogens with zero attached hydrogens (tertiary/aromatic N) is 3. The number of hydrogen-bond donors (Lipinski definition) is 0. The summed E-state index contributed by atoms with van der Waals surface area (Å²) >= 11 is 0. The summed E-state index contributed by atoms with van der Waals surface area (Å²) in [5, 5.41) is 4.06. The number of hydrogen-bond acceptors (Lipinski definition) is 4. The van der Waals surface area contributed by atoms with Crippen LogP contribution in [0.25, 0.3) is 11.5 Å². The molecule has 0 radical (unpaired) electrons. The third kappa shape index (κ3) is 3.03. The number of carbonyl (C=O) groups is 1. The number of rotatable bonds is 3. The minimum Gasteiger partial charge on any atom is -0.338 e. The van der Waals surface area contributed by atoms with Gasteiger partial charge in [-0.05, 0) is 30.7 Å². The van der Waals surface area contributed by atoms with E-state index < -0.39 is 5.82 Å². The average Bonchev–Trinajstić information content (AvgIpc) is 3.32. The van der Waals surface area contributed by atoms with Crippen LogP contribution in [0.5, 0.6) is 0 Å². The molecule has 0 bridgehead atoms. The molecule has 0 unspecified atom stereocenters. The van der Waals surface area contributed by atoms with Crippen molar-refractivity contribution < 1.29 is 13.7 Å². The average molecular weight is 337 g/mol. The topological polar surface area (TPSA) is 59.2 Å². The maximum Gasteiger partial charge on any atom is 0.257 e. The van der Waals surface area contributed by atoms with Gasteiger partial charge in [0.15, 0.2) is 5.82 Å². The van der Waals surface area contributed by atoms with Crippen LogP contribution in [0, 0.1) is 5.82 Å². The Kier molecular flexibility index (Phi) is 4.01. The number of amides is 1. The largest absolute Gasteiger partial charge is 0.338 e. The Morgan fingerprint density at radius 1 is 1.12 bits per heavy atom. The van der Waals surface area contributed by atoms with E-state index in [0.717, 1.165) is 12.0 Å². The smallest absolute Gasteiger partial charge is 0.257 e. The third-order valence-electron chi connectivity index (χ3n) is 4.41. The van der Waals surface area contributed by atoms with E-state index in [4.69, 9.17) is 4.52 Å². The summed E-state index contributed by atoms with van der Waals surface area (Å²) in [5.74, 6) is 0.253. The van der Waals surface area contributed by atoms with Gasteiger partial charge in [-0.25, -0.2) is 4.39 Å². The molecule has 1 saturated heterocycles. The van der Waals surface area contributed by atoms with Gasteiger partial charge in [-0.3, -0.25) is 4.79 Å². The first-order valence-corrected chi connectivity index (χ1v) is 8.15. The lowest BCUT2D eigenvalue weighted by Crippen LogP contribution is -2.29. The van der Waals surface area contributed by atoms with E-state index in [1.54, 1.807) is 17.0 Å². The first-order chi connectivity index (χ1) is 12.2. The van der Waals surface area contributed by atoms with Crippen LogP contribution in [0.15, 0.2) is 59.1 Å². The quantitative estimate of drug-likeness (QED) is 0.734. The van der Waals surface area contributed by atoms with Crippen LogP contribution in [0.3, 0.4) is 0 Å². The summed E-state index contributed by atoms with van der Waals surface area (Å²) in [6.45, 7) is 1.01. The normalized spacial score (nSPS) is 17.0. The van der Waals surface area contributed by atoms with Crippen molar-refractivity contribution in [3.8, 4) is 11.5 Å². The predicted molar refractivity (Wildman–Crippen MR) is 89.4 cm³/mol. The van der Waals surface area contributed by atoms with E-state index in [2.05, 4.69) is 10.1 Å². The molecule has 1 aliphatic rings. The highest BCUT2D eigenvalue weighted by atomic mass is 19.1. The molecule has 1 aliphatic heterocycles. The Balaban J connectivity index is 1.49. The fourth-order valence-electron chi connectivity index (χ4n) is 3.06. The van der Waals surface area contributed by atoms with Crippen LogP contribution in [0.1, 0.15) is 28.5 Å². The molecule has 1 amide bonds. The lowest BCUT2D eigenvalue weighted by atomic mass is 10.1. The van der Waals surface area contributed by atoms with Gasteiger partial charge in [0.05, 0.1) is 5.56 Å². The number of halogens is 1. The van der Waals surface area contributed by atoms with E-state index in [9.17, 15) is 9.18 Å². The Bertz CT molecular complexity index is 894. The second-order valence-electron chi connectivity index (χ2n) is 6.04. The highest BCUT2D eigenvalue weighted by molar-refractivity contribution is 5.94. The number of carbonyl (C=O) groups excluding carboxylic acids is 1. The fraction of sp³-hybridized carbons (Fsp3) is 0.211. The maximum atomic E-state index is 13.8. The van der Waals surface area contributed by atoms with Crippen molar-refractivity contribution in [1.82, 2.24) is 15.0 Å². The molecular formula is C19H16FN3O2. The number of likely N-dealkylation sites (tertiary alicyclic amines) is 1. The standard InChI is InChI=1S/C19H16FN3O2/c20-16-9-5-4-8-15(16)19(24)23-11-10-14(12-23)17-21-18(25-22-17)13-6-2-1-3-7-13/h1-9,14H,10-12H2/t14-/m0/s1. The maximum absolute atomic E-state index is 13.8. The van der Waals surface area contributed by atoms with Gasteiger partial charge in [0.25, 0.3) is 11.8 Å². The van der Waals surface area contributed by atoms with Gasteiger partial charge < -0.3 is 9.42 Å². The van der Waals surface area contributed by atoms with Gasteiger partial charge in [0.1, 0.15) is 5.82 Å². The number of benzene rings is 2. The summed E-state index contributed by atoms with van der Waals surface area (Å²) in [5.41, 5.74) is 0.958. The van der Waals surface area contributed by atoms with Crippen molar-refractivity contribution in [3.63, 3.8) is 0 Å². The molecule has 1 fully saturated rings. The Hall–Kier alpha value is -3.02. The molecule has 0 saturated carbocycles. The SMILES string of the molecule is O=C(c1ccccc1F)N1CC[C@H](c2noc(-c3ccccc3)n2)C1. The zero-order valence-electron chi connectivity index (χ0n) is 13.4. The molecule has 1 atom stereocenters. The molecule has 4 rings (SSSR count). The Labute approximate surface area is 144 Å². The highest BCUT2D eigenvalue weighted by Gasteiger charge is 2.31. The third-order valence-corrected chi connectivity index (χ3v) is 4.41. The van der Waals surface area contributed by atoms with Crippen molar-refractivity contribution in [1.29, 1.82) is 0 Å². The van der Waals surface area contributed by atoms with Gasteiger partial charge in [-0.15, -0.1) is 0 Å². The van der Waals surface area contributed by atoms with Crippen molar-refractivity contribution in [2.45, 2.75) is 12.3 Å². The number of aromatic nitrogens is 2. The highest BCUT2D eigenvalue weighted by Crippen LogP contribution is 2.28. The Morgan fingerprint density at radius 3 is 2.68 bits per heavy atom. The van der Waals surface area contributed by atoms with E-state index >= 15 is 0 Å². The molecular weight excluding hydrogens is 321 g/mol. The van der Waals surface area contributed by atoms with Crippen LogP contribution >= 0.6 is 0 Å². The van der Waals surface area contributed by atoms with E-state index in [1.807, 2.05) is 30.3 Å². The van der Waals surface area contributed by atoms with Crippen molar-refractivity contribution in [2.24, 2.45) is 0 Å². The molecule has 2 aromatic carbocycles. The molecule has 1 aromatic heterocycles. The molecule has 126 valence electrons. The predicted octanol–water partition coefficient (Wildman–Crippen LogP) is 3.51. The van der Waals surface area contributed by atoms with Crippen molar-refractivity contribution in [3.05, 3.63) is 71.8 Å². The van der Waals surface area contributed by atoms with Gasteiger partial charge in [-0.2, -0.15) is 4.98 Å². The molecule has 2 heterocycles. The van der Waals surface area contributed by atoms with Crippen LogP contribution in [0.2, 0.25) is 0 Å². The van der Waals surface area contributed by atoms with Crippen LogP contribution in [-0.2, 0) is 0 Å². The van der Waals surface area contributed by atoms with Gasteiger partial charge in [0, 0.05) is 24.6 Å². The zero-order valence-corrected chi connectivity index (χ0v) is 13.4. The zero-order chi connectivity index (χ0) is 17.2. The van der Waals surface area contributed by atoms with Crippen molar-refractivity contribution >= 4 is 5.91 Å². The van der Waals surface area contributed by atoms with Gasteiger partial charge in [-0.1, -0.05) is 35.5 Å². The van der Waals surface area contributed by atoms with Crippen LogP contribution < -0.4 is 0 Å². The van der Waals surface area contributed by atoms with E-state index in [1.165, 1.54) is 12.1 Å². The van der Waals surface area contributed by atoms with Crippen LogP contribution in [-0.4, -0.2) is 34.0 Å². The van der Waals surface area contributed by atoms with E-state index in [0.29, 0.717) is 24.8 Å². The molecule has 0 spiro atoms. The van der Waals surface area contributed by atoms with Gasteiger partial charge >= 0.3 is 0 Å². The summed E-state index contributed by atoms with van der Waals surface area (Å²) in [6, 6.07) is 15.6. The molecule has 25 heavy (non-hydrogen) atoms. The minimum absolute atomic E-state index is 0.00284. The first kappa shape index (κ1) is 15.5.